The number of hydrogen-bond donors (Lipinski definition) is 4. The molecular weight excluding hydrogens is 406 g/mol. The lowest BCUT2D eigenvalue weighted by Gasteiger charge is -2.07. The van der Waals surface area contributed by atoms with E-state index in [2.05, 4.69) is 16.0 Å². The molecule has 2 amide bonds. The van der Waals surface area contributed by atoms with Crippen LogP contribution in [0.25, 0.3) is 5.57 Å². The second kappa shape index (κ2) is 8.39. The van der Waals surface area contributed by atoms with Gasteiger partial charge in [-0.2, -0.15) is 0 Å². The number of nitrogens with one attached hydrogen (secondary N) is 3. The molecule has 1 aliphatic rings. The number of carbonyl (C=O) groups is 3. The fraction of sp³-hybridized carbons (Fsp3) is 0.0800. The molecule has 7 nitrogen and oxygen atoms in total. The van der Waals surface area contributed by atoms with Crippen LogP contribution in [-0.2, 0) is 9.59 Å². The maximum Gasteiger partial charge on any atom is 0.257 e. The molecule has 0 aromatic heterocycles. The molecule has 0 atom stereocenters. The Labute approximate surface area is 184 Å². The topological polar surface area (TPSA) is 108 Å². The van der Waals surface area contributed by atoms with Crippen LogP contribution in [0.2, 0.25) is 0 Å². The van der Waals surface area contributed by atoms with Crippen molar-refractivity contribution in [3.8, 4) is 5.75 Å². The van der Waals surface area contributed by atoms with Gasteiger partial charge in [0, 0.05) is 52.9 Å². The van der Waals surface area contributed by atoms with Crippen LogP contribution in [0, 0.1) is 6.92 Å². The number of aromatic hydroxyl groups is 1. The van der Waals surface area contributed by atoms with Crippen LogP contribution in [0.3, 0.4) is 0 Å². The summed E-state index contributed by atoms with van der Waals surface area (Å²) in [6.07, 6.45) is 1.58. The number of aryl methyl sites for hydroxylation is 1. The summed E-state index contributed by atoms with van der Waals surface area (Å²) in [5, 5.41) is 18.3. The normalized spacial score (nSPS) is 13.4. The smallest absolute Gasteiger partial charge is 0.257 e. The van der Waals surface area contributed by atoms with Crippen LogP contribution in [0.1, 0.15) is 34.0 Å². The molecule has 3 aromatic carbocycles. The quantitative estimate of drug-likeness (QED) is 0.359. The van der Waals surface area contributed by atoms with Gasteiger partial charge in [-0.05, 0) is 48.9 Å². The molecule has 32 heavy (non-hydrogen) atoms. The Balaban J connectivity index is 1.55. The van der Waals surface area contributed by atoms with E-state index in [1.807, 2.05) is 0 Å². The second-order valence-electron chi connectivity index (χ2n) is 7.51. The molecule has 160 valence electrons. The zero-order valence-corrected chi connectivity index (χ0v) is 17.5. The van der Waals surface area contributed by atoms with Crippen molar-refractivity contribution in [2.45, 2.75) is 13.8 Å². The molecule has 4 N–H and O–H groups in total. The summed E-state index contributed by atoms with van der Waals surface area (Å²) in [7, 11) is 0. The first-order valence-electron chi connectivity index (χ1n) is 9.96. The lowest BCUT2D eigenvalue weighted by atomic mass is 9.99. The van der Waals surface area contributed by atoms with E-state index in [9.17, 15) is 19.5 Å². The minimum absolute atomic E-state index is 0.165. The number of fused-ring (bicyclic) bond motifs is 1. The molecule has 3 aromatic rings. The van der Waals surface area contributed by atoms with Gasteiger partial charge in [-0.1, -0.05) is 18.2 Å². The Morgan fingerprint density at radius 1 is 0.938 bits per heavy atom. The lowest BCUT2D eigenvalue weighted by Crippen LogP contribution is -2.07. The third kappa shape index (κ3) is 4.22. The summed E-state index contributed by atoms with van der Waals surface area (Å²) in [5.74, 6) is -0.496. The van der Waals surface area contributed by atoms with Crippen LogP contribution in [0.4, 0.5) is 17.1 Å². The zero-order valence-electron chi connectivity index (χ0n) is 17.5. The van der Waals surface area contributed by atoms with Gasteiger partial charge in [0.2, 0.25) is 5.91 Å². The molecule has 0 saturated carbocycles. The van der Waals surface area contributed by atoms with Gasteiger partial charge in [0.1, 0.15) is 5.75 Å². The molecule has 0 radical (unpaired) electrons. The average molecular weight is 427 g/mol. The standard InChI is InChI=1S/C25H21N3O4/c1-14-3-7-19(12-23(14)30)26-13-21-20-10-6-17(11-22(20)28-25(21)32)24(31)16-4-8-18(9-5-16)27-15(2)29/h3-13,26,30H,1-2H3,(H,27,29)(H,28,32)/b21-13+. The number of hydrogen-bond acceptors (Lipinski definition) is 5. The molecule has 0 aliphatic carbocycles. The van der Waals surface area contributed by atoms with Crippen molar-refractivity contribution in [3.63, 3.8) is 0 Å². The summed E-state index contributed by atoms with van der Waals surface area (Å²) >= 11 is 0. The van der Waals surface area contributed by atoms with Crippen LogP contribution >= 0.6 is 0 Å². The number of carbonyl (C=O) groups excluding carboxylic acids is 3. The highest BCUT2D eigenvalue weighted by atomic mass is 16.3. The fourth-order valence-corrected chi connectivity index (χ4v) is 3.41. The molecule has 1 heterocycles. The summed E-state index contributed by atoms with van der Waals surface area (Å²) in [6, 6.07) is 16.8. The van der Waals surface area contributed by atoms with Gasteiger partial charge in [-0.3, -0.25) is 14.4 Å². The highest BCUT2D eigenvalue weighted by molar-refractivity contribution is 6.32. The Hall–Kier alpha value is -4.39. The summed E-state index contributed by atoms with van der Waals surface area (Å²) < 4.78 is 0. The highest BCUT2D eigenvalue weighted by Gasteiger charge is 2.25. The van der Waals surface area contributed by atoms with E-state index in [-0.39, 0.29) is 23.3 Å². The number of anilines is 3. The van der Waals surface area contributed by atoms with Crippen molar-refractivity contribution >= 4 is 40.2 Å². The van der Waals surface area contributed by atoms with Crippen molar-refractivity contribution in [3.05, 3.63) is 89.1 Å². The first kappa shape index (κ1) is 20.9. The van der Waals surface area contributed by atoms with Gasteiger partial charge < -0.3 is 21.1 Å². The van der Waals surface area contributed by atoms with Crippen molar-refractivity contribution < 1.29 is 19.5 Å². The zero-order chi connectivity index (χ0) is 22.8. The van der Waals surface area contributed by atoms with Gasteiger partial charge in [0.05, 0.1) is 5.57 Å². The van der Waals surface area contributed by atoms with Gasteiger partial charge in [0.15, 0.2) is 5.78 Å². The summed E-state index contributed by atoms with van der Waals surface area (Å²) in [4.78, 5) is 36.5. The summed E-state index contributed by atoms with van der Waals surface area (Å²) in [6.45, 7) is 3.22. The average Bonchev–Trinajstić information content (AvgIpc) is 3.08. The molecule has 0 fully saturated rings. The maximum atomic E-state index is 12.9. The Morgan fingerprint density at radius 3 is 2.31 bits per heavy atom. The van der Waals surface area contributed by atoms with Crippen molar-refractivity contribution in [2.75, 3.05) is 16.0 Å². The molecule has 0 spiro atoms. The largest absolute Gasteiger partial charge is 0.508 e. The van der Waals surface area contributed by atoms with Gasteiger partial charge in [0.25, 0.3) is 5.91 Å². The minimum Gasteiger partial charge on any atom is -0.508 e. The van der Waals surface area contributed by atoms with Crippen molar-refractivity contribution in [2.24, 2.45) is 0 Å². The number of phenols is 1. The molecule has 0 saturated heterocycles. The summed E-state index contributed by atoms with van der Waals surface area (Å²) in [5.41, 5.74) is 4.59. The first-order valence-corrected chi connectivity index (χ1v) is 9.96. The maximum absolute atomic E-state index is 12.9. The Bertz CT molecular complexity index is 1280. The monoisotopic (exact) mass is 427 g/mol. The third-order valence-corrected chi connectivity index (χ3v) is 5.12. The van der Waals surface area contributed by atoms with E-state index in [0.717, 1.165) is 5.56 Å². The lowest BCUT2D eigenvalue weighted by molar-refractivity contribution is -0.114. The minimum atomic E-state index is -0.284. The van der Waals surface area contributed by atoms with Crippen molar-refractivity contribution in [1.82, 2.24) is 0 Å². The molecule has 7 heteroatoms. The van der Waals surface area contributed by atoms with E-state index >= 15 is 0 Å². The number of ketones is 1. The van der Waals surface area contributed by atoms with Gasteiger partial charge in [-0.25, -0.2) is 0 Å². The molecule has 0 unspecified atom stereocenters. The predicted octanol–water partition coefficient (Wildman–Crippen LogP) is 4.30. The molecule has 1 aliphatic heterocycles. The molecule has 0 bridgehead atoms. The SMILES string of the molecule is CC(=O)Nc1ccc(C(=O)c2ccc3c(c2)NC(=O)/C3=C/Nc2ccc(C)c(O)c2)cc1. The second-order valence-corrected chi connectivity index (χ2v) is 7.51. The third-order valence-electron chi connectivity index (χ3n) is 5.12. The number of rotatable bonds is 5. The Kier molecular flexibility index (Phi) is 5.47. The van der Waals surface area contributed by atoms with E-state index < -0.39 is 0 Å². The number of benzene rings is 3. The van der Waals surface area contributed by atoms with Crippen LogP contribution < -0.4 is 16.0 Å². The number of phenolic OH excluding ortho intramolecular Hbond substituents is 1. The molecular formula is C25H21N3O4. The molecule has 4 rings (SSSR count). The van der Waals surface area contributed by atoms with E-state index in [4.69, 9.17) is 0 Å². The van der Waals surface area contributed by atoms with E-state index in [1.54, 1.807) is 73.8 Å². The van der Waals surface area contributed by atoms with Crippen LogP contribution in [-0.4, -0.2) is 22.7 Å². The van der Waals surface area contributed by atoms with Gasteiger partial charge >= 0.3 is 0 Å². The van der Waals surface area contributed by atoms with Crippen molar-refractivity contribution in [1.29, 1.82) is 0 Å². The Morgan fingerprint density at radius 2 is 1.62 bits per heavy atom. The first-order chi connectivity index (χ1) is 15.3. The number of amides is 2. The van der Waals surface area contributed by atoms with Gasteiger partial charge in [-0.15, -0.1) is 0 Å². The van der Waals surface area contributed by atoms with E-state index in [1.165, 1.54) is 6.92 Å². The van der Waals surface area contributed by atoms with Crippen LogP contribution in [0.15, 0.2) is 66.9 Å². The van der Waals surface area contributed by atoms with E-state index in [0.29, 0.717) is 39.3 Å². The fourth-order valence-electron chi connectivity index (χ4n) is 3.41. The van der Waals surface area contributed by atoms with Crippen LogP contribution in [0.5, 0.6) is 5.75 Å². The predicted molar refractivity (Wildman–Crippen MR) is 124 cm³/mol. The highest BCUT2D eigenvalue weighted by Crippen LogP contribution is 2.33.